The van der Waals surface area contributed by atoms with E-state index in [0.29, 0.717) is 4.58 Å². The standard InChI is InChI=1S/C19H27N3OS2/c23-19(22-10-8-21(9-11-22)17-6-1-2-7-17)20-16-5-3-4-15(14-16)18-24-12-13-25-18/h3-5,14,17-18H,1-2,6-13H2,(H,20,23). The zero-order valence-corrected chi connectivity index (χ0v) is 16.3. The maximum atomic E-state index is 12.6. The van der Waals surface area contributed by atoms with Gasteiger partial charge in [0.1, 0.15) is 0 Å². The molecule has 0 radical (unpaired) electrons. The van der Waals surface area contributed by atoms with Crippen LogP contribution >= 0.6 is 23.5 Å². The summed E-state index contributed by atoms with van der Waals surface area (Å²) < 4.78 is 0.520. The highest BCUT2D eigenvalue weighted by molar-refractivity contribution is 8.19. The smallest absolute Gasteiger partial charge is 0.321 e. The van der Waals surface area contributed by atoms with Crippen LogP contribution in [0.1, 0.15) is 35.8 Å². The number of thioether (sulfide) groups is 2. The van der Waals surface area contributed by atoms with Crippen molar-refractivity contribution >= 4 is 35.2 Å². The third kappa shape index (κ3) is 4.29. The topological polar surface area (TPSA) is 35.6 Å². The van der Waals surface area contributed by atoms with Crippen LogP contribution in [0.25, 0.3) is 0 Å². The highest BCUT2D eigenvalue weighted by atomic mass is 32.2. The lowest BCUT2D eigenvalue weighted by Gasteiger charge is -2.38. The molecule has 2 amide bonds. The van der Waals surface area contributed by atoms with E-state index in [1.165, 1.54) is 42.8 Å². The molecule has 1 saturated carbocycles. The van der Waals surface area contributed by atoms with Crippen LogP contribution in [0.4, 0.5) is 10.5 Å². The highest BCUT2D eigenvalue weighted by Crippen LogP contribution is 2.45. The van der Waals surface area contributed by atoms with Gasteiger partial charge in [0, 0.05) is 49.4 Å². The van der Waals surface area contributed by atoms with Gasteiger partial charge in [0.05, 0.1) is 4.58 Å². The lowest BCUT2D eigenvalue weighted by atomic mass is 10.2. The van der Waals surface area contributed by atoms with Gasteiger partial charge in [0.25, 0.3) is 0 Å². The predicted molar refractivity (Wildman–Crippen MR) is 109 cm³/mol. The fourth-order valence-electron chi connectivity index (χ4n) is 4.08. The van der Waals surface area contributed by atoms with E-state index in [-0.39, 0.29) is 6.03 Å². The minimum Gasteiger partial charge on any atom is -0.322 e. The Morgan fingerprint density at radius 2 is 1.76 bits per heavy atom. The lowest BCUT2D eigenvalue weighted by Crippen LogP contribution is -2.52. The molecule has 1 aliphatic carbocycles. The Kier molecular flexibility index (Phi) is 5.78. The maximum absolute atomic E-state index is 12.6. The van der Waals surface area contributed by atoms with Crippen LogP contribution in [-0.2, 0) is 0 Å². The molecule has 2 heterocycles. The average molecular weight is 378 g/mol. The number of hydrogen-bond acceptors (Lipinski definition) is 4. The zero-order chi connectivity index (χ0) is 17.1. The van der Waals surface area contributed by atoms with E-state index < -0.39 is 0 Å². The van der Waals surface area contributed by atoms with Crippen LogP contribution in [0.5, 0.6) is 0 Å². The Balaban J connectivity index is 1.31. The van der Waals surface area contributed by atoms with E-state index in [1.54, 1.807) is 0 Å². The van der Waals surface area contributed by atoms with Crippen LogP contribution in [0.2, 0.25) is 0 Å². The van der Waals surface area contributed by atoms with Crippen LogP contribution in [0.15, 0.2) is 24.3 Å². The number of carbonyl (C=O) groups is 1. The normalized spacial score (nSPS) is 23.3. The predicted octanol–water partition coefficient (Wildman–Crippen LogP) is 4.26. The van der Waals surface area contributed by atoms with Crippen LogP contribution < -0.4 is 5.32 Å². The molecule has 2 saturated heterocycles. The summed E-state index contributed by atoms with van der Waals surface area (Å²) in [6.07, 6.45) is 5.44. The second-order valence-electron chi connectivity index (χ2n) is 7.09. The first kappa shape index (κ1) is 17.6. The van der Waals surface area contributed by atoms with Crippen molar-refractivity contribution in [3.63, 3.8) is 0 Å². The van der Waals surface area contributed by atoms with E-state index in [4.69, 9.17) is 0 Å². The molecule has 1 N–H and O–H groups in total. The van der Waals surface area contributed by atoms with Gasteiger partial charge in [-0.2, -0.15) is 0 Å². The summed E-state index contributed by atoms with van der Waals surface area (Å²) >= 11 is 4.00. The van der Waals surface area contributed by atoms with Crippen molar-refractivity contribution in [3.8, 4) is 0 Å². The zero-order valence-electron chi connectivity index (χ0n) is 14.7. The number of carbonyl (C=O) groups excluding carboxylic acids is 1. The molecule has 25 heavy (non-hydrogen) atoms. The Hall–Kier alpha value is -0.850. The van der Waals surface area contributed by atoms with E-state index in [0.717, 1.165) is 37.9 Å². The third-order valence-corrected chi connectivity index (χ3v) is 8.58. The summed E-state index contributed by atoms with van der Waals surface area (Å²) in [5.74, 6) is 2.44. The Morgan fingerprint density at radius 1 is 1.04 bits per heavy atom. The summed E-state index contributed by atoms with van der Waals surface area (Å²) in [6, 6.07) is 9.19. The molecule has 6 heteroatoms. The van der Waals surface area contributed by atoms with Crippen molar-refractivity contribution in [1.82, 2.24) is 9.80 Å². The Morgan fingerprint density at radius 3 is 2.48 bits per heavy atom. The molecule has 4 nitrogen and oxygen atoms in total. The van der Waals surface area contributed by atoms with Crippen LogP contribution in [0, 0.1) is 0 Å². The molecular weight excluding hydrogens is 350 g/mol. The molecule has 4 rings (SSSR count). The van der Waals surface area contributed by atoms with E-state index in [1.807, 2.05) is 34.5 Å². The molecule has 3 fully saturated rings. The summed E-state index contributed by atoms with van der Waals surface area (Å²) in [6.45, 7) is 3.73. The minimum absolute atomic E-state index is 0.0509. The molecule has 1 aromatic carbocycles. The molecule has 0 aromatic heterocycles. The highest BCUT2D eigenvalue weighted by Gasteiger charge is 2.28. The van der Waals surface area contributed by atoms with Gasteiger partial charge >= 0.3 is 6.03 Å². The van der Waals surface area contributed by atoms with Gasteiger partial charge in [-0.05, 0) is 30.5 Å². The SMILES string of the molecule is O=C(Nc1cccc(C2SCCS2)c1)N1CCN(C2CCCC2)CC1. The monoisotopic (exact) mass is 377 g/mol. The number of rotatable bonds is 3. The van der Waals surface area contributed by atoms with Crippen molar-refractivity contribution in [1.29, 1.82) is 0 Å². The first-order chi connectivity index (χ1) is 12.3. The van der Waals surface area contributed by atoms with Crippen molar-refractivity contribution < 1.29 is 4.79 Å². The quantitative estimate of drug-likeness (QED) is 0.854. The summed E-state index contributed by atoms with van der Waals surface area (Å²) in [4.78, 5) is 17.2. The summed E-state index contributed by atoms with van der Waals surface area (Å²) in [5, 5.41) is 3.11. The maximum Gasteiger partial charge on any atom is 0.321 e. The first-order valence-electron chi connectivity index (χ1n) is 9.43. The number of amides is 2. The molecule has 1 aromatic rings. The second kappa shape index (κ2) is 8.23. The fraction of sp³-hybridized carbons (Fsp3) is 0.632. The number of benzene rings is 1. The fourth-order valence-corrected chi connectivity index (χ4v) is 6.91. The van der Waals surface area contributed by atoms with Gasteiger partial charge in [-0.3, -0.25) is 4.90 Å². The molecular formula is C19H27N3OS2. The molecule has 0 unspecified atom stereocenters. The van der Waals surface area contributed by atoms with Crippen molar-refractivity contribution in [2.75, 3.05) is 43.0 Å². The van der Waals surface area contributed by atoms with Gasteiger partial charge in [0.2, 0.25) is 0 Å². The lowest BCUT2D eigenvalue weighted by molar-refractivity contribution is 0.115. The first-order valence-corrected chi connectivity index (χ1v) is 11.5. The number of urea groups is 1. The molecule has 136 valence electrons. The number of piperazine rings is 1. The van der Waals surface area contributed by atoms with E-state index >= 15 is 0 Å². The van der Waals surface area contributed by atoms with Gasteiger partial charge in [-0.25, -0.2) is 4.79 Å². The van der Waals surface area contributed by atoms with Crippen LogP contribution in [0.3, 0.4) is 0 Å². The van der Waals surface area contributed by atoms with E-state index in [9.17, 15) is 4.79 Å². The second-order valence-corrected chi connectivity index (χ2v) is 9.81. The summed E-state index contributed by atoms with van der Waals surface area (Å²) in [7, 11) is 0. The molecule has 0 bridgehead atoms. The van der Waals surface area contributed by atoms with Gasteiger partial charge in [-0.15, -0.1) is 23.5 Å². The molecule has 2 aliphatic heterocycles. The molecule has 0 atom stereocenters. The van der Waals surface area contributed by atoms with Crippen molar-refractivity contribution in [3.05, 3.63) is 29.8 Å². The van der Waals surface area contributed by atoms with Gasteiger partial charge in [-0.1, -0.05) is 25.0 Å². The number of anilines is 1. The largest absolute Gasteiger partial charge is 0.322 e. The number of nitrogens with zero attached hydrogens (tertiary/aromatic N) is 2. The molecule has 0 spiro atoms. The minimum atomic E-state index is 0.0509. The van der Waals surface area contributed by atoms with Gasteiger partial charge in [0.15, 0.2) is 0 Å². The van der Waals surface area contributed by atoms with Gasteiger partial charge < -0.3 is 10.2 Å². The van der Waals surface area contributed by atoms with Crippen molar-refractivity contribution in [2.24, 2.45) is 0 Å². The Bertz CT molecular complexity index is 592. The van der Waals surface area contributed by atoms with E-state index in [2.05, 4.69) is 28.4 Å². The van der Waals surface area contributed by atoms with Crippen molar-refractivity contribution in [2.45, 2.75) is 36.3 Å². The summed E-state index contributed by atoms with van der Waals surface area (Å²) in [5.41, 5.74) is 2.24. The Labute approximate surface area is 159 Å². The number of hydrogen-bond donors (Lipinski definition) is 1. The average Bonchev–Trinajstić information content (AvgIpc) is 3.36. The third-order valence-electron chi connectivity index (χ3n) is 5.47. The van der Waals surface area contributed by atoms with Crippen LogP contribution in [-0.4, -0.2) is 59.6 Å². The molecule has 3 aliphatic rings. The number of nitrogens with one attached hydrogen (secondary N) is 1.